The average Bonchev–Trinajstić information content (AvgIpc) is 3.09. The second-order valence-electron chi connectivity index (χ2n) is 4.99. The summed E-state index contributed by atoms with van der Waals surface area (Å²) < 4.78 is 10.7. The minimum Gasteiger partial charge on any atom is -0.380 e. The van der Waals surface area contributed by atoms with Crippen LogP contribution >= 0.6 is 0 Å². The first kappa shape index (κ1) is 12.4. The lowest BCUT2D eigenvalue weighted by atomic mass is 10.1. The van der Waals surface area contributed by atoms with Crippen molar-refractivity contribution in [3.05, 3.63) is 41.6 Å². The van der Waals surface area contributed by atoms with Crippen molar-refractivity contribution >= 4 is 0 Å². The highest BCUT2D eigenvalue weighted by Crippen LogP contribution is 2.20. The maximum atomic E-state index is 5.38. The number of benzene rings is 1. The Morgan fingerprint density at radius 1 is 1.32 bits per heavy atom. The van der Waals surface area contributed by atoms with Crippen molar-refractivity contribution in [1.82, 2.24) is 10.5 Å². The third-order valence-corrected chi connectivity index (χ3v) is 3.40. The van der Waals surface area contributed by atoms with Crippen LogP contribution in [0.1, 0.15) is 17.7 Å². The molecule has 1 aromatic heterocycles. The largest absolute Gasteiger partial charge is 0.380 e. The number of nitrogens with zero attached hydrogens (tertiary/aromatic N) is 1. The van der Waals surface area contributed by atoms with Crippen LogP contribution in [-0.4, -0.2) is 24.4 Å². The highest BCUT2D eigenvalue weighted by atomic mass is 16.5. The molecule has 100 valence electrons. The molecule has 1 fully saturated rings. The number of aryl methyl sites for hydroxylation is 1. The molecule has 1 N–H and O–H groups in total. The summed E-state index contributed by atoms with van der Waals surface area (Å²) in [6, 6.07) is 10.7. The van der Waals surface area contributed by atoms with E-state index in [-0.39, 0.29) is 0 Å². The van der Waals surface area contributed by atoms with Gasteiger partial charge in [-0.3, -0.25) is 0 Å². The number of hydrogen-bond donors (Lipinski definition) is 1. The van der Waals surface area contributed by atoms with E-state index >= 15 is 0 Å². The molecule has 2 aromatic rings. The molecule has 2 heterocycles. The Bertz CT molecular complexity index is 527. The molecule has 0 amide bonds. The third-order valence-electron chi connectivity index (χ3n) is 3.40. The molecule has 1 aliphatic rings. The highest BCUT2D eigenvalue weighted by Gasteiger charge is 2.15. The lowest BCUT2D eigenvalue weighted by molar-refractivity contribution is 0.189. The molecule has 19 heavy (non-hydrogen) atoms. The van der Waals surface area contributed by atoms with E-state index in [9.17, 15) is 0 Å². The average molecular weight is 258 g/mol. The van der Waals surface area contributed by atoms with E-state index in [1.807, 2.05) is 6.07 Å². The Hall–Kier alpha value is -1.65. The Kier molecular flexibility index (Phi) is 3.62. The van der Waals surface area contributed by atoms with E-state index in [2.05, 4.69) is 41.7 Å². The smallest absolute Gasteiger partial charge is 0.167 e. The summed E-state index contributed by atoms with van der Waals surface area (Å²) in [6.07, 6.45) is 1.07. The number of ether oxygens (including phenoxy) is 1. The highest BCUT2D eigenvalue weighted by molar-refractivity contribution is 5.57. The van der Waals surface area contributed by atoms with Gasteiger partial charge in [0, 0.05) is 30.8 Å². The summed E-state index contributed by atoms with van der Waals surface area (Å²) in [6.45, 7) is 4.44. The molecular formula is C15H18N2O2. The van der Waals surface area contributed by atoms with Crippen molar-refractivity contribution in [1.29, 1.82) is 0 Å². The van der Waals surface area contributed by atoms with Crippen LogP contribution in [-0.2, 0) is 11.3 Å². The molecule has 0 saturated carbocycles. The van der Waals surface area contributed by atoms with Crippen LogP contribution in [0.4, 0.5) is 0 Å². The SMILES string of the molecule is Cc1ccc(-c2cc(CN[C@H]3CCOC3)no2)cc1. The van der Waals surface area contributed by atoms with Crippen molar-refractivity contribution < 1.29 is 9.26 Å². The molecular weight excluding hydrogens is 240 g/mol. The second-order valence-corrected chi connectivity index (χ2v) is 4.99. The normalized spacial score (nSPS) is 18.9. The summed E-state index contributed by atoms with van der Waals surface area (Å²) in [4.78, 5) is 0. The van der Waals surface area contributed by atoms with E-state index in [0.29, 0.717) is 6.04 Å². The quantitative estimate of drug-likeness (QED) is 0.915. The molecule has 1 saturated heterocycles. The molecule has 1 atom stereocenters. The predicted octanol–water partition coefficient (Wildman–Crippen LogP) is 2.53. The summed E-state index contributed by atoms with van der Waals surface area (Å²) >= 11 is 0. The molecule has 0 spiro atoms. The molecule has 0 unspecified atom stereocenters. The van der Waals surface area contributed by atoms with Crippen LogP contribution in [0.15, 0.2) is 34.9 Å². The van der Waals surface area contributed by atoms with Crippen molar-refractivity contribution in [3.63, 3.8) is 0 Å². The van der Waals surface area contributed by atoms with Gasteiger partial charge in [-0.2, -0.15) is 0 Å². The van der Waals surface area contributed by atoms with Gasteiger partial charge in [-0.25, -0.2) is 0 Å². The van der Waals surface area contributed by atoms with E-state index in [1.165, 1.54) is 5.56 Å². The number of hydrogen-bond acceptors (Lipinski definition) is 4. The topological polar surface area (TPSA) is 47.3 Å². The van der Waals surface area contributed by atoms with Gasteiger partial charge < -0.3 is 14.6 Å². The van der Waals surface area contributed by atoms with Crippen LogP contribution in [0.5, 0.6) is 0 Å². The molecule has 3 rings (SSSR count). The molecule has 1 aliphatic heterocycles. The first-order chi connectivity index (χ1) is 9.31. The van der Waals surface area contributed by atoms with E-state index < -0.39 is 0 Å². The minimum absolute atomic E-state index is 0.444. The Balaban J connectivity index is 1.63. The molecule has 0 aliphatic carbocycles. The van der Waals surface area contributed by atoms with Gasteiger partial charge >= 0.3 is 0 Å². The van der Waals surface area contributed by atoms with Crippen LogP contribution in [0.3, 0.4) is 0 Å². The van der Waals surface area contributed by atoms with Crippen molar-refractivity contribution in [2.24, 2.45) is 0 Å². The number of rotatable bonds is 4. The maximum Gasteiger partial charge on any atom is 0.167 e. The fourth-order valence-electron chi connectivity index (χ4n) is 2.19. The zero-order valence-corrected chi connectivity index (χ0v) is 11.1. The summed E-state index contributed by atoms with van der Waals surface area (Å²) in [5.74, 6) is 0.819. The standard InChI is InChI=1S/C15H18N2O2/c1-11-2-4-12(5-3-11)15-8-14(17-19-15)9-16-13-6-7-18-10-13/h2-5,8,13,16H,6-7,9-10H2,1H3/t13-/m0/s1. The van der Waals surface area contributed by atoms with Gasteiger partial charge in [0.25, 0.3) is 0 Å². The first-order valence-electron chi connectivity index (χ1n) is 6.65. The molecule has 1 aromatic carbocycles. The lowest BCUT2D eigenvalue weighted by Crippen LogP contribution is -2.28. The van der Waals surface area contributed by atoms with Gasteiger partial charge in [0.2, 0.25) is 0 Å². The molecule has 4 nitrogen and oxygen atoms in total. The van der Waals surface area contributed by atoms with Gasteiger partial charge in [0.05, 0.1) is 12.3 Å². The van der Waals surface area contributed by atoms with Gasteiger partial charge in [0.1, 0.15) is 0 Å². The zero-order valence-electron chi connectivity index (χ0n) is 11.1. The van der Waals surface area contributed by atoms with E-state index in [1.54, 1.807) is 0 Å². The monoisotopic (exact) mass is 258 g/mol. The van der Waals surface area contributed by atoms with Gasteiger partial charge in [-0.15, -0.1) is 0 Å². The van der Waals surface area contributed by atoms with Gasteiger partial charge in [0.15, 0.2) is 5.76 Å². The molecule has 0 bridgehead atoms. The summed E-state index contributed by atoms with van der Waals surface area (Å²) in [7, 11) is 0. The fraction of sp³-hybridized carbons (Fsp3) is 0.400. The van der Waals surface area contributed by atoms with Gasteiger partial charge in [-0.1, -0.05) is 35.0 Å². The van der Waals surface area contributed by atoms with Crippen LogP contribution in [0.2, 0.25) is 0 Å². The second kappa shape index (κ2) is 5.55. The number of nitrogens with one attached hydrogen (secondary N) is 1. The fourth-order valence-corrected chi connectivity index (χ4v) is 2.19. The van der Waals surface area contributed by atoms with Crippen molar-refractivity contribution in [2.75, 3.05) is 13.2 Å². The van der Waals surface area contributed by atoms with Crippen molar-refractivity contribution in [3.8, 4) is 11.3 Å². The summed E-state index contributed by atoms with van der Waals surface area (Å²) in [5.41, 5.74) is 3.24. The maximum absolute atomic E-state index is 5.38. The lowest BCUT2D eigenvalue weighted by Gasteiger charge is -2.07. The molecule has 0 radical (unpaired) electrons. The number of aromatic nitrogens is 1. The van der Waals surface area contributed by atoms with E-state index in [0.717, 1.165) is 43.2 Å². The summed E-state index contributed by atoms with van der Waals surface area (Å²) in [5, 5.41) is 7.52. The van der Waals surface area contributed by atoms with Crippen LogP contribution in [0, 0.1) is 6.92 Å². The van der Waals surface area contributed by atoms with Crippen molar-refractivity contribution in [2.45, 2.75) is 25.9 Å². The van der Waals surface area contributed by atoms with E-state index in [4.69, 9.17) is 9.26 Å². The Morgan fingerprint density at radius 3 is 2.89 bits per heavy atom. The molecule has 4 heteroatoms. The predicted molar refractivity (Wildman–Crippen MR) is 72.7 cm³/mol. The van der Waals surface area contributed by atoms with Crippen LogP contribution in [0.25, 0.3) is 11.3 Å². The first-order valence-corrected chi connectivity index (χ1v) is 6.65. The Labute approximate surface area is 112 Å². The minimum atomic E-state index is 0.444. The zero-order chi connectivity index (χ0) is 13.1. The Morgan fingerprint density at radius 2 is 2.16 bits per heavy atom. The third kappa shape index (κ3) is 3.03. The van der Waals surface area contributed by atoms with Gasteiger partial charge in [-0.05, 0) is 13.3 Å². The van der Waals surface area contributed by atoms with Crippen LogP contribution < -0.4 is 5.32 Å².